The van der Waals surface area contributed by atoms with Crippen molar-refractivity contribution in [1.29, 1.82) is 0 Å². The summed E-state index contributed by atoms with van der Waals surface area (Å²) in [6, 6.07) is 10.5. The molecular weight excluding hydrogens is 250 g/mol. The zero-order valence-corrected chi connectivity index (χ0v) is 12.7. The van der Waals surface area contributed by atoms with Gasteiger partial charge in [0.2, 0.25) is 0 Å². The van der Waals surface area contributed by atoms with E-state index in [0.717, 1.165) is 19.4 Å². The summed E-state index contributed by atoms with van der Waals surface area (Å²) in [6.07, 6.45) is 2.04. The summed E-state index contributed by atoms with van der Waals surface area (Å²) in [5.41, 5.74) is 1.26. The minimum absolute atomic E-state index is 0.0677. The predicted octanol–water partition coefficient (Wildman–Crippen LogP) is 3.41. The number of likely N-dealkylation sites (tertiary alicyclic amines) is 1. The lowest BCUT2D eigenvalue weighted by Crippen LogP contribution is -2.48. The second-order valence-corrected chi connectivity index (χ2v) is 5.72. The molecule has 0 spiro atoms. The molecule has 3 atom stereocenters. The molecule has 1 saturated heterocycles. The summed E-state index contributed by atoms with van der Waals surface area (Å²) in [5, 5.41) is 0. The number of carbonyl (C=O) groups excluding carboxylic acids is 1. The quantitative estimate of drug-likeness (QED) is 0.789. The van der Waals surface area contributed by atoms with Gasteiger partial charge in [0.15, 0.2) is 0 Å². The van der Waals surface area contributed by atoms with E-state index in [9.17, 15) is 4.79 Å². The van der Waals surface area contributed by atoms with E-state index in [1.807, 2.05) is 13.0 Å². The molecule has 20 heavy (non-hydrogen) atoms. The SMILES string of the molecule is CCOC(=O)[C@H]1C[C@@H](C)CCN1[C@@H](C)c1ccccc1. The summed E-state index contributed by atoms with van der Waals surface area (Å²) in [5.74, 6) is 0.519. The monoisotopic (exact) mass is 275 g/mol. The third-order valence-electron chi connectivity index (χ3n) is 4.24. The van der Waals surface area contributed by atoms with Crippen molar-refractivity contribution in [1.82, 2.24) is 4.90 Å². The van der Waals surface area contributed by atoms with Gasteiger partial charge in [0.1, 0.15) is 6.04 Å². The van der Waals surface area contributed by atoms with Crippen LogP contribution in [0.3, 0.4) is 0 Å². The Labute approximate surface area is 121 Å². The lowest BCUT2D eigenvalue weighted by molar-refractivity contribution is -0.153. The van der Waals surface area contributed by atoms with Gasteiger partial charge in [0, 0.05) is 6.04 Å². The molecule has 1 heterocycles. The Balaban J connectivity index is 2.16. The molecule has 0 N–H and O–H groups in total. The topological polar surface area (TPSA) is 29.5 Å². The number of rotatable bonds is 4. The number of esters is 1. The molecule has 0 bridgehead atoms. The summed E-state index contributed by atoms with van der Waals surface area (Å²) in [4.78, 5) is 14.5. The van der Waals surface area contributed by atoms with Gasteiger partial charge in [-0.1, -0.05) is 37.3 Å². The number of hydrogen-bond acceptors (Lipinski definition) is 3. The van der Waals surface area contributed by atoms with E-state index in [0.29, 0.717) is 12.5 Å². The summed E-state index contributed by atoms with van der Waals surface area (Å²) in [7, 11) is 0. The first-order valence-corrected chi connectivity index (χ1v) is 7.60. The van der Waals surface area contributed by atoms with E-state index >= 15 is 0 Å². The Kier molecular flexibility index (Phi) is 5.18. The maximum Gasteiger partial charge on any atom is 0.323 e. The lowest BCUT2D eigenvalue weighted by atomic mass is 9.90. The van der Waals surface area contributed by atoms with Crippen LogP contribution in [0.4, 0.5) is 0 Å². The van der Waals surface area contributed by atoms with Crippen LogP contribution < -0.4 is 0 Å². The van der Waals surface area contributed by atoms with Crippen molar-refractivity contribution in [3.63, 3.8) is 0 Å². The smallest absolute Gasteiger partial charge is 0.323 e. The Hall–Kier alpha value is -1.35. The second kappa shape index (κ2) is 6.89. The molecule has 1 fully saturated rings. The maximum absolute atomic E-state index is 12.2. The number of hydrogen-bond donors (Lipinski definition) is 0. The van der Waals surface area contributed by atoms with Crippen molar-refractivity contribution >= 4 is 5.97 Å². The van der Waals surface area contributed by atoms with Gasteiger partial charge in [-0.05, 0) is 44.7 Å². The molecular formula is C17H25NO2. The fourth-order valence-electron chi connectivity index (χ4n) is 3.02. The molecule has 0 aliphatic carbocycles. The average Bonchev–Trinajstić information content (AvgIpc) is 2.47. The van der Waals surface area contributed by atoms with Crippen molar-refractivity contribution in [2.75, 3.05) is 13.2 Å². The molecule has 3 heteroatoms. The highest BCUT2D eigenvalue weighted by molar-refractivity contribution is 5.76. The van der Waals surface area contributed by atoms with Crippen molar-refractivity contribution in [3.8, 4) is 0 Å². The first-order chi connectivity index (χ1) is 9.63. The molecule has 1 aliphatic heterocycles. The predicted molar refractivity (Wildman–Crippen MR) is 80.4 cm³/mol. The zero-order chi connectivity index (χ0) is 14.5. The fraction of sp³-hybridized carbons (Fsp3) is 0.588. The Morgan fingerprint density at radius 2 is 2.10 bits per heavy atom. The summed E-state index contributed by atoms with van der Waals surface area (Å²) >= 11 is 0. The highest BCUT2D eigenvalue weighted by Gasteiger charge is 2.35. The Morgan fingerprint density at radius 3 is 2.75 bits per heavy atom. The number of benzene rings is 1. The van der Waals surface area contributed by atoms with Crippen LogP contribution in [0.5, 0.6) is 0 Å². The van der Waals surface area contributed by atoms with Crippen LogP contribution in [0.2, 0.25) is 0 Å². The van der Waals surface area contributed by atoms with Crippen LogP contribution in [0.1, 0.15) is 45.2 Å². The maximum atomic E-state index is 12.2. The highest BCUT2D eigenvalue weighted by Crippen LogP contribution is 2.31. The number of carbonyl (C=O) groups is 1. The van der Waals surface area contributed by atoms with E-state index < -0.39 is 0 Å². The van der Waals surface area contributed by atoms with Crippen LogP contribution in [0, 0.1) is 5.92 Å². The van der Waals surface area contributed by atoms with Crippen molar-refractivity contribution in [3.05, 3.63) is 35.9 Å². The zero-order valence-electron chi connectivity index (χ0n) is 12.7. The van der Waals surface area contributed by atoms with Gasteiger partial charge in [-0.15, -0.1) is 0 Å². The first kappa shape index (κ1) is 15.0. The van der Waals surface area contributed by atoms with Gasteiger partial charge < -0.3 is 4.74 Å². The van der Waals surface area contributed by atoms with Gasteiger partial charge in [-0.25, -0.2) is 0 Å². The van der Waals surface area contributed by atoms with E-state index in [1.54, 1.807) is 0 Å². The molecule has 110 valence electrons. The molecule has 0 aromatic heterocycles. The normalized spacial score (nSPS) is 25.1. The third kappa shape index (κ3) is 3.40. The fourth-order valence-corrected chi connectivity index (χ4v) is 3.02. The highest BCUT2D eigenvalue weighted by atomic mass is 16.5. The molecule has 3 nitrogen and oxygen atoms in total. The van der Waals surface area contributed by atoms with Crippen molar-refractivity contribution in [2.24, 2.45) is 5.92 Å². The molecule has 0 saturated carbocycles. The van der Waals surface area contributed by atoms with Gasteiger partial charge >= 0.3 is 5.97 Å². The van der Waals surface area contributed by atoms with Crippen LogP contribution in [0.15, 0.2) is 30.3 Å². The van der Waals surface area contributed by atoms with Crippen LogP contribution in [0.25, 0.3) is 0 Å². The Bertz CT molecular complexity index is 432. The molecule has 0 amide bonds. The largest absolute Gasteiger partial charge is 0.465 e. The second-order valence-electron chi connectivity index (χ2n) is 5.72. The van der Waals surface area contributed by atoms with Crippen LogP contribution >= 0.6 is 0 Å². The third-order valence-corrected chi connectivity index (χ3v) is 4.24. The average molecular weight is 275 g/mol. The summed E-state index contributed by atoms with van der Waals surface area (Å²) < 4.78 is 5.27. The van der Waals surface area contributed by atoms with Crippen LogP contribution in [-0.2, 0) is 9.53 Å². The molecule has 2 rings (SSSR count). The van der Waals surface area contributed by atoms with E-state index in [1.165, 1.54) is 5.56 Å². The van der Waals surface area contributed by atoms with Crippen molar-refractivity contribution in [2.45, 2.75) is 45.7 Å². The number of ether oxygens (including phenoxy) is 1. The number of nitrogens with zero attached hydrogens (tertiary/aromatic N) is 1. The molecule has 1 aromatic rings. The van der Waals surface area contributed by atoms with Crippen LogP contribution in [-0.4, -0.2) is 30.1 Å². The van der Waals surface area contributed by atoms with E-state index in [4.69, 9.17) is 4.74 Å². The molecule has 0 unspecified atom stereocenters. The standard InChI is InChI=1S/C17H25NO2/c1-4-20-17(19)16-12-13(2)10-11-18(16)14(3)15-8-6-5-7-9-15/h5-9,13-14,16H,4,10-12H2,1-3H3/t13-,14-,16+/m0/s1. The molecule has 0 radical (unpaired) electrons. The molecule has 1 aromatic carbocycles. The van der Waals surface area contributed by atoms with Gasteiger partial charge in [0.05, 0.1) is 6.61 Å². The van der Waals surface area contributed by atoms with Gasteiger partial charge in [-0.2, -0.15) is 0 Å². The van der Waals surface area contributed by atoms with Crippen molar-refractivity contribution < 1.29 is 9.53 Å². The van der Waals surface area contributed by atoms with E-state index in [-0.39, 0.29) is 18.1 Å². The van der Waals surface area contributed by atoms with E-state index in [2.05, 4.69) is 43.0 Å². The first-order valence-electron chi connectivity index (χ1n) is 7.60. The minimum Gasteiger partial charge on any atom is -0.465 e. The van der Waals surface area contributed by atoms with Gasteiger partial charge in [-0.3, -0.25) is 9.69 Å². The molecule has 1 aliphatic rings. The lowest BCUT2D eigenvalue weighted by Gasteiger charge is -2.40. The Morgan fingerprint density at radius 1 is 1.40 bits per heavy atom. The van der Waals surface area contributed by atoms with Gasteiger partial charge in [0.25, 0.3) is 0 Å². The number of piperidine rings is 1. The minimum atomic E-state index is -0.103. The summed E-state index contributed by atoms with van der Waals surface area (Å²) in [6.45, 7) is 7.68.